The number of rotatable bonds is 17. The molecule has 147 heavy (non-hydrogen) atoms. The van der Waals surface area contributed by atoms with Gasteiger partial charge in [0.05, 0.1) is 16.2 Å². The third-order valence-electron chi connectivity index (χ3n) is 28.3. The largest absolute Gasteiger partial charge is 0.289 e. The second-order valence-electron chi connectivity index (χ2n) is 36.6. The molecule has 0 saturated carbocycles. The molecule has 0 atom stereocenters. The number of hydrogen-bond acceptors (Lipinski definition) is 12. The minimum atomic E-state index is -0.814. The van der Waals surface area contributed by atoms with Crippen molar-refractivity contribution in [2.75, 3.05) is 0 Å². The summed E-state index contributed by atoms with van der Waals surface area (Å²) in [5, 5.41) is 0. The van der Waals surface area contributed by atoms with Gasteiger partial charge in [0.25, 0.3) is 0 Å². The molecule has 12 nitrogen and oxygen atoms in total. The van der Waals surface area contributed by atoms with E-state index in [1.165, 1.54) is 0 Å². The van der Waals surface area contributed by atoms with Gasteiger partial charge in [-0.15, -0.1) is 0 Å². The molecule has 0 bridgehead atoms. The van der Waals surface area contributed by atoms with E-state index in [1.54, 1.807) is 0 Å². The summed E-state index contributed by atoms with van der Waals surface area (Å²) in [6, 6.07) is 182. The van der Waals surface area contributed by atoms with E-state index in [-0.39, 0.29) is 17.3 Å². The molecule has 0 spiro atoms. The van der Waals surface area contributed by atoms with Crippen molar-refractivity contribution < 1.29 is 14.4 Å². The number of ketones is 3. The van der Waals surface area contributed by atoms with Crippen LogP contribution >= 0.6 is 0 Å². The standard InChI is InChI=1S/2C47H31N3O.C41H27N3O/c51-43-39-23-10-12-25-41(39)47(37-21-8-3-9-22-37,42-26-13-11-24-40(42)43)38-29-27-32(28-30-38)35-19-14-20-36(31-35)46-49-44(33-15-4-1-5-16-33)48-45(50-46)34-17-6-2-7-18-34;51-43-39-20-10-12-22-41(39)47(37-18-8-3-9-19-37,42-23-13-11-21-40(42)43)38-30-28-33(29-31-38)32-24-26-36(27-25-32)46-49-44(34-14-4-1-5-15-34)48-45(50-46)35-16-6-2-7-17-35;45-37-31-22-10-13-25-34(31)41(30-20-8-3-9-21-30,35-26-14-11-23-32(35)37)36-27-15-12-24-33(36)40-43-38(28-16-4-1-5-17-28)42-39(44-40)29-18-6-2-7-19-29/h2*1-31H;1-27H. The third-order valence-corrected chi connectivity index (χ3v) is 28.3. The fraction of sp³-hybridized carbons (Fsp3) is 0.0222. The average molecular weight is 1890 g/mol. The molecule has 0 saturated heterocycles. The Labute approximate surface area is 851 Å². The van der Waals surface area contributed by atoms with Crippen LogP contribution in [0.1, 0.15) is 115 Å². The quantitative estimate of drug-likeness (QED) is 0.0847. The van der Waals surface area contributed by atoms with Crippen molar-refractivity contribution in [1.82, 2.24) is 44.9 Å². The van der Waals surface area contributed by atoms with E-state index in [0.717, 1.165) is 161 Å². The molecule has 0 aliphatic heterocycles. The number of benzene rings is 20. The maximum absolute atomic E-state index is 14.0. The van der Waals surface area contributed by atoms with Crippen molar-refractivity contribution >= 4 is 17.3 Å². The normalized spacial score (nSPS) is 13.0. The summed E-state index contributed by atoms with van der Waals surface area (Å²) in [6.45, 7) is 0. The van der Waals surface area contributed by atoms with E-state index in [0.29, 0.717) is 63.5 Å². The molecule has 0 N–H and O–H groups in total. The van der Waals surface area contributed by atoms with Crippen LogP contribution in [0.5, 0.6) is 0 Å². The van der Waals surface area contributed by atoms with Gasteiger partial charge in [0.1, 0.15) is 0 Å². The lowest BCUT2D eigenvalue weighted by Gasteiger charge is -2.42. The first-order chi connectivity index (χ1) is 72.6. The summed E-state index contributed by atoms with van der Waals surface area (Å²) in [6.07, 6.45) is 0. The lowest BCUT2D eigenvalue weighted by molar-refractivity contribution is 0.102. The second-order valence-corrected chi connectivity index (χ2v) is 36.6. The van der Waals surface area contributed by atoms with Gasteiger partial charge < -0.3 is 0 Å². The Morgan fingerprint density at radius 3 is 0.551 bits per heavy atom. The first-order valence-corrected chi connectivity index (χ1v) is 49.2. The topological polar surface area (TPSA) is 167 Å². The van der Waals surface area contributed by atoms with E-state index in [2.05, 4.69) is 218 Å². The molecule has 26 rings (SSSR count). The highest BCUT2D eigenvalue weighted by atomic mass is 16.1. The summed E-state index contributed by atoms with van der Waals surface area (Å²) >= 11 is 0. The Morgan fingerprint density at radius 1 is 0.116 bits per heavy atom. The predicted octanol–water partition coefficient (Wildman–Crippen LogP) is 29.7. The van der Waals surface area contributed by atoms with Crippen molar-refractivity contribution in [3.05, 3.63) is 640 Å². The lowest BCUT2D eigenvalue weighted by atomic mass is 9.58. The first-order valence-electron chi connectivity index (χ1n) is 49.2. The minimum Gasteiger partial charge on any atom is -0.289 e. The van der Waals surface area contributed by atoms with Crippen LogP contribution < -0.4 is 0 Å². The van der Waals surface area contributed by atoms with Gasteiger partial charge in [0.15, 0.2) is 69.8 Å². The maximum atomic E-state index is 14.0. The molecular formula is C135H89N9O3. The Morgan fingerprint density at radius 2 is 0.279 bits per heavy atom. The molecule has 0 fully saturated rings. The smallest absolute Gasteiger partial charge is 0.193 e. The van der Waals surface area contributed by atoms with E-state index < -0.39 is 16.2 Å². The van der Waals surface area contributed by atoms with Crippen LogP contribution in [-0.4, -0.2) is 62.2 Å². The van der Waals surface area contributed by atoms with Crippen molar-refractivity contribution in [2.24, 2.45) is 0 Å². The number of fused-ring (bicyclic) bond motifs is 6. The summed E-state index contributed by atoms with van der Waals surface area (Å²) in [4.78, 5) is 86.2. The molecule has 0 amide bonds. The van der Waals surface area contributed by atoms with E-state index in [1.807, 2.05) is 322 Å². The Balaban J connectivity index is 0.000000118. The number of aromatic nitrogens is 9. The highest BCUT2D eigenvalue weighted by molar-refractivity contribution is 6.16. The van der Waals surface area contributed by atoms with Gasteiger partial charge in [0, 0.05) is 83.5 Å². The Bertz CT molecular complexity index is 8540. The second kappa shape index (κ2) is 39.1. The Kier molecular flexibility index (Phi) is 24.0. The zero-order valence-corrected chi connectivity index (χ0v) is 79.6. The van der Waals surface area contributed by atoms with Crippen LogP contribution in [-0.2, 0) is 16.2 Å². The molecule has 0 unspecified atom stereocenters. The third kappa shape index (κ3) is 16.4. The summed E-state index contributed by atoms with van der Waals surface area (Å²) in [5.74, 6) is 5.70. The van der Waals surface area contributed by atoms with Crippen LogP contribution in [0.15, 0.2) is 540 Å². The van der Waals surface area contributed by atoms with Crippen LogP contribution in [0.25, 0.3) is 125 Å². The van der Waals surface area contributed by atoms with Crippen molar-refractivity contribution in [1.29, 1.82) is 0 Å². The van der Waals surface area contributed by atoms with Gasteiger partial charge in [-0.1, -0.05) is 534 Å². The molecule has 3 aliphatic rings. The fourth-order valence-corrected chi connectivity index (χ4v) is 21.6. The van der Waals surface area contributed by atoms with Crippen molar-refractivity contribution in [2.45, 2.75) is 16.2 Å². The molecule has 12 heteroatoms. The van der Waals surface area contributed by atoms with E-state index in [9.17, 15) is 14.4 Å². The van der Waals surface area contributed by atoms with Crippen LogP contribution in [0.2, 0.25) is 0 Å². The minimum absolute atomic E-state index is 0.0307. The molecular weight excluding hydrogens is 1800 g/mol. The first kappa shape index (κ1) is 90.0. The molecule has 0 radical (unpaired) electrons. The fourth-order valence-electron chi connectivity index (χ4n) is 21.6. The van der Waals surface area contributed by atoms with Crippen LogP contribution in [0.4, 0.5) is 0 Å². The molecule has 3 heterocycles. The molecule has 23 aromatic rings. The van der Waals surface area contributed by atoms with Gasteiger partial charge in [0.2, 0.25) is 0 Å². The zero-order chi connectivity index (χ0) is 98.6. The number of nitrogens with zero attached hydrogens (tertiary/aromatic N) is 9. The molecule has 3 aliphatic carbocycles. The number of carbonyl (C=O) groups excluding carboxylic acids is 3. The van der Waals surface area contributed by atoms with E-state index >= 15 is 0 Å². The van der Waals surface area contributed by atoms with Crippen LogP contribution in [0.3, 0.4) is 0 Å². The lowest BCUT2D eigenvalue weighted by Crippen LogP contribution is -2.38. The van der Waals surface area contributed by atoms with Gasteiger partial charge in [-0.2, -0.15) is 0 Å². The van der Waals surface area contributed by atoms with Crippen molar-refractivity contribution in [3.63, 3.8) is 0 Å². The van der Waals surface area contributed by atoms with Gasteiger partial charge in [-0.05, 0) is 95.1 Å². The highest BCUT2D eigenvalue weighted by Crippen LogP contribution is 2.56. The zero-order valence-electron chi connectivity index (χ0n) is 79.6. The molecule has 3 aromatic heterocycles. The predicted molar refractivity (Wildman–Crippen MR) is 585 cm³/mol. The number of carbonyl (C=O) groups is 3. The molecule has 20 aromatic carbocycles. The summed E-state index contributed by atoms with van der Waals surface area (Å²) in [7, 11) is 0. The van der Waals surface area contributed by atoms with Crippen LogP contribution in [0, 0.1) is 0 Å². The summed E-state index contributed by atoms with van der Waals surface area (Å²) in [5.41, 5.74) is 27.1. The van der Waals surface area contributed by atoms with Gasteiger partial charge in [-0.3, -0.25) is 14.4 Å². The Hall–Kier alpha value is -19.6. The summed E-state index contributed by atoms with van der Waals surface area (Å²) < 4.78 is 0. The highest BCUT2D eigenvalue weighted by Gasteiger charge is 2.50. The van der Waals surface area contributed by atoms with Gasteiger partial charge in [-0.25, -0.2) is 44.9 Å². The van der Waals surface area contributed by atoms with Crippen molar-refractivity contribution in [3.8, 4) is 125 Å². The maximum Gasteiger partial charge on any atom is 0.193 e. The number of hydrogen-bond donors (Lipinski definition) is 0. The van der Waals surface area contributed by atoms with E-state index in [4.69, 9.17) is 44.9 Å². The van der Waals surface area contributed by atoms with Gasteiger partial charge >= 0.3 is 0 Å². The SMILES string of the molecule is O=C1c2ccccc2C(c2ccccc2)(c2ccc(-c3ccc(-c4nc(-c5ccccc5)nc(-c5ccccc5)n4)cc3)cc2)c2ccccc21.O=C1c2ccccc2C(c2ccccc2)(c2ccc(-c3cccc(-c4nc(-c5ccccc5)nc(-c5ccccc5)n4)c3)cc2)c2ccccc21.O=C1c2ccccc2C(c2ccccc2)(c2ccccc2-c2nc(-c3ccccc3)nc(-c3ccccc3)n2)c2ccccc21. The molecule has 692 valence electrons. The average Bonchev–Trinajstić information content (AvgIpc) is 0.690. The monoisotopic (exact) mass is 1880 g/mol.